The van der Waals surface area contributed by atoms with Crippen LogP contribution in [-0.2, 0) is 11.3 Å². The number of hydrogen-bond acceptors (Lipinski definition) is 7. The smallest absolute Gasteiger partial charge is 0.358 e. The predicted octanol–water partition coefficient (Wildman–Crippen LogP) is 2.63. The van der Waals surface area contributed by atoms with Crippen LogP contribution in [0.5, 0.6) is 0 Å². The van der Waals surface area contributed by atoms with Gasteiger partial charge in [-0.05, 0) is 45.7 Å². The molecule has 0 amide bonds. The highest BCUT2D eigenvalue weighted by molar-refractivity contribution is 9.10. The zero-order chi connectivity index (χ0) is 20.4. The van der Waals surface area contributed by atoms with Crippen molar-refractivity contribution in [1.29, 1.82) is 15.8 Å². The lowest BCUT2D eigenvalue weighted by Gasteiger charge is -2.05. The fraction of sp³-hybridized carbons (Fsp3) is 0.250. The summed E-state index contributed by atoms with van der Waals surface area (Å²) in [6.45, 7) is 3.91. The van der Waals surface area contributed by atoms with Crippen molar-refractivity contribution in [1.82, 2.24) is 19.5 Å². The molecule has 0 saturated heterocycles. The van der Waals surface area contributed by atoms with Gasteiger partial charge in [0.25, 0.3) is 0 Å². The molecule has 2 rings (SSSR count). The van der Waals surface area contributed by atoms with Crippen LogP contribution in [0.15, 0.2) is 9.47 Å². The van der Waals surface area contributed by atoms with Crippen molar-refractivity contribution >= 4 is 37.8 Å². The van der Waals surface area contributed by atoms with Crippen molar-refractivity contribution in [3.8, 4) is 30.0 Å². The number of nitrogens with one attached hydrogen (secondary N) is 1. The molecular formula is C16H11Br2N7O2. The first-order valence-electron chi connectivity index (χ1n) is 7.21. The Labute approximate surface area is 171 Å². The third kappa shape index (κ3) is 5.69. The van der Waals surface area contributed by atoms with Gasteiger partial charge in [0.2, 0.25) is 0 Å². The molecule has 0 radical (unpaired) electrons. The van der Waals surface area contributed by atoms with Crippen molar-refractivity contribution in [3.63, 3.8) is 0 Å². The number of imidazole rings is 2. The van der Waals surface area contributed by atoms with Crippen LogP contribution in [0.1, 0.15) is 41.4 Å². The lowest BCUT2D eigenvalue weighted by molar-refractivity contribution is 0.0514. The number of aromatic nitrogens is 4. The highest BCUT2D eigenvalue weighted by Crippen LogP contribution is 2.17. The van der Waals surface area contributed by atoms with Gasteiger partial charge >= 0.3 is 5.97 Å². The van der Waals surface area contributed by atoms with Crippen molar-refractivity contribution in [2.75, 3.05) is 6.61 Å². The van der Waals surface area contributed by atoms with Crippen LogP contribution in [-0.4, -0.2) is 32.1 Å². The Balaban J connectivity index is 0.000000309. The maximum absolute atomic E-state index is 11.7. The van der Waals surface area contributed by atoms with Crippen LogP contribution in [0.4, 0.5) is 0 Å². The quantitative estimate of drug-likeness (QED) is 0.512. The van der Waals surface area contributed by atoms with Crippen LogP contribution in [0, 0.1) is 45.8 Å². The van der Waals surface area contributed by atoms with Gasteiger partial charge in [0, 0.05) is 0 Å². The highest BCUT2D eigenvalue weighted by Gasteiger charge is 2.22. The molecule has 27 heavy (non-hydrogen) atoms. The normalized spacial score (nSPS) is 8.78. The fourth-order valence-electron chi connectivity index (χ4n) is 1.72. The standard InChI is InChI=1S/C11H10BrN3O2.C5HBrN4/c1-3-5-6-15-9(10(16)17-4-2)8(7-13)14-11(15)12;6-5-9-3(1-7)4(2-8)10-5/h4,6H2,1-2H3;(H,9,10). The molecule has 9 nitrogen and oxygen atoms in total. The molecule has 0 saturated carbocycles. The first kappa shape index (κ1) is 21.9. The van der Waals surface area contributed by atoms with Crippen molar-refractivity contribution in [3.05, 3.63) is 32.2 Å². The molecular weight excluding hydrogens is 482 g/mol. The van der Waals surface area contributed by atoms with E-state index in [9.17, 15) is 4.79 Å². The topological polar surface area (TPSA) is 144 Å². The Kier molecular flexibility index (Phi) is 8.75. The third-order valence-corrected chi connectivity index (χ3v) is 3.78. The lowest BCUT2D eigenvalue weighted by atomic mass is 10.3. The molecule has 2 heterocycles. The second-order valence-corrected chi connectivity index (χ2v) is 5.86. The van der Waals surface area contributed by atoms with E-state index in [1.807, 2.05) is 6.07 Å². The van der Waals surface area contributed by atoms with E-state index in [1.54, 1.807) is 26.0 Å². The predicted molar refractivity (Wildman–Crippen MR) is 99.8 cm³/mol. The SMILES string of the molecule is CC#CCn1c(Br)nc(C#N)c1C(=O)OCC.N#Cc1nc(Br)[nH]c1C#N. The van der Waals surface area contributed by atoms with E-state index in [2.05, 4.69) is 58.7 Å². The number of halogens is 2. The summed E-state index contributed by atoms with van der Waals surface area (Å²) in [4.78, 5) is 21.9. The van der Waals surface area contributed by atoms with Gasteiger partial charge in [-0.1, -0.05) is 5.92 Å². The Bertz CT molecular complexity index is 991. The fourth-order valence-corrected chi connectivity index (χ4v) is 2.57. The molecule has 0 bridgehead atoms. The van der Waals surface area contributed by atoms with E-state index in [0.717, 1.165) is 0 Å². The first-order chi connectivity index (χ1) is 12.9. The summed E-state index contributed by atoms with van der Waals surface area (Å²) in [5, 5.41) is 25.6. The Morgan fingerprint density at radius 1 is 1.19 bits per heavy atom. The molecule has 0 aliphatic heterocycles. The number of aromatic amines is 1. The van der Waals surface area contributed by atoms with E-state index < -0.39 is 5.97 Å². The molecule has 2 aromatic rings. The number of esters is 1. The first-order valence-corrected chi connectivity index (χ1v) is 8.80. The molecule has 0 aliphatic rings. The summed E-state index contributed by atoms with van der Waals surface area (Å²) in [5.74, 6) is 4.95. The number of H-pyrrole nitrogens is 1. The zero-order valence-electron chi connectivity index (χ0n) is 14.2. The van der Waals surface area contributed by atoms with Gasteiger partial charge in [0.15, 0.2) is 32.2 Å². The third-order valence-electron chi connectivity index (χ3n) is 2.80. The second kappa shape index (κ2) is 10.8. The number of carbonyl (C=O) groups excluding carboxylic acids is 1. The van der Waals surface area contributed by atoms with E-state index >= 15 is 0 Å². The summed E-state index contributed by atoms with van der Waals surface area (Å²) in [7, 11) is 0. The van der Waals surface area contributed by atoms with E-state index in [0.29, 0.717) is 9.47 Å². The minimum absolute atomic E-state index is 0.0354. The average molecular weight is 493 g/mol. The Morgan fingerprint density at radius 3 is 2.33 bits per heavy atom. The maximum Gasteiger partial charge on any atom is 0.358 e. The number of nitriles is 3. The minimum Gasteiger partial charge on any atom is -0.461 e. The molecule has 0 aromatic carbocycles. The monoisotopic (exact) mass is 491 g/mol. The van der Waals surface area contributed by atoms with Crippen LogP contribution in [0.3, 0.4) is 0 Å². The molecule has 1 N–H and O–H groups in total. The van der Waals surface area contributed by atoms with Crippen LogP contribution in [0.25, 0.3) is 0 Å². The summed E-state index contributed by atoms with van der Waals surface area (Å²) in [6.07, 6.45) is 0. The van der Waals surface area contributed by atoms with Gasteiger partial charge in [0.1, 0.15) is 18.2 Å². The zero-order valence-corrected chi connectivity index (χ0v) is 17.3. The minimum atomic E-state index is -0.569. The summed E-state index contributed by atoms with van der Waals surface area (Å²) < 4.78 is 7.18. The maximum atomic E-state index is 11.7. The number of nitrogens with zero attached hydrogens (tertiary/aromatic N) is 6. The Morgan fingerprint density at radius 2 is 1.85 bits per heavy atom. The van der Waals surface area contributed by atoms with Gasteiger partial charge in [-0.2, -0.15) is 15.8 Å². The molecule has 11 heteroatoms. The second-order valence-electron chi connectivity index (χ2n) is 4.40. The molecule has 0 atom stereocenters. The molecule has 0 spiro atoms. The number of hydrogen-bond donors (Lipinski definition) is 1. The van der Waals surface area contributed by atoms with Gasteiger partial charge in [-0.15, -0.1) is 5.92 Å². The van der Waals surface area contributed by atoms with E-state index in [1.165, 1.54) is 4.57 Å². The van der Waals surface area contributed by atoms with Crippen LogP contribution < -0.4 is 0 Å². The highest BCUT2D eigenvalue weighted by atomic mass is 79.9. The van der Waals surface area contributed by atoms with Gasteiger partial charge in [-0.3, -0.25) is 0 Å². The summed E-state index contributed by atoms with van der Waals surface area (Å²) in [6, 6.07) is 5.43. The summed E-state index contributed by atoms with van der Waals surface area (Å²) >= 11 is 6.18. The van der Waals surface area contributed by atoms with Crippen LogP contribution in [0.2, 0.25) is 0 Å². The Hall–Kier alpha value is -3.12. The number of carbonyl (C=O) groups is 1. The summed E-state index contributed by atoms with van der Waals surface area (Å²) in [5.41, 5.74) is 0.473. The van der Waals surface area contributed by atoms with Gasteiger partial charge < -0.3 is 14.3 Å². The number of ether oxygens (including phenoxy) is 1. The molecule has 0 aliphatic carbocycles. The van der Waals surface area contributed by atoms with Gasteiger partial charge in [0.05, 0.1) is 13.2 Å². The van der Waals surface area contributed by atoms with Crippen molar-refractivity contribution in [2.24, 2.45) is 0 Å². The molecule has 0 fully saturated rings. The van der Waals surface area contributed by atoms with E-state index in [4.69, 9.17) is 20.5 Å². The lowest BCUT2D eigenvalue weighted by Crippen LogP contribution is -2.13. The van der Waals surface area contributed by atoms with E-state index in [-0.39, 0.29) is 35.9 Å². The van der Waals surface area contributed by atoms with Crippen molar-refractivity contribution in [2.45, 2.75) is 20.4 Å². The largest absolute Gasteiger partial charge is 0.461 e. The average Bonchev–Trinajstić information content (AvgIpc) is 3.19. The molecule has 136 valence electrons. The number of rotatable bonds is 3. The molecule has 2 aromatic heterocycles. The van der Waals surface area contributed by atoms with Crippen molar-refractivity contribution < 1.29 is 9.53 Å². The van der Waals surface area contributed by atoms with Gasteiger partial charge in [-0.25, -0.2) is 14.8 Å². The molecule has 0 unspecified atom stereocenters. The van der Waals surface area contributed by atoms with Crippen LogP contribution >= 0.6 is 31.9 Å².